The van der Waals surface area contributed by atoms with Gasteiger partial charge in [0.15, 0.2) is 0 Å². The Morgan fingerprint density at radius 3 is 2.55 bits per heavy atom. The molecule has 0 spiro atoms. The molecule has 1 saturated heterocycles. The minimum Gasteiger partial charge on any atom is -0.478 e. The summed E-state index contributed by atoms with van der Waals surface area (Å²) < 4.78 is 0. The zero-order valence-corrected chi connectivity index (χ0v) is 11.5. The van der Waals surface area contributed by atoms with E-state index in [1.54, 1.807) is 12.1 Å². The molecule has 2 N–H and O–H groups in total. The zero-order valence-electron chi connectivity index (χ0n) is 11.5. The van der Waals surface area contributed by atoms with Crippen LogP contribution in [0.15, 0.2) is 24.3 Å². The number of nitrogens with one attached hydrogen (secondary N) is 1. The van der Waals surface area contributed by atoms with E-state index in [-0.39, 0.29) is 11.5 Å². The Morgan fingerprint density at radius 2 is 1.85 bits per heavy atom. The summed E-state index contributed by atoms with van der Waals surface area (Å²) in [6.45, 7) is 3.65. The van der Waals surface area contributed by atoms with Crippen LogP contribution >= 0.6 is 0 Å². The fraction of sp³-hybridized carbons (Fsp3) is 0.467. The van der Waals surface area contributed by atoms with Gasteiger partial charge in [0.1, 0.15) is 0 Å². The SMILES string of the molecule is O=C(O)c1cccc(C(=O)NCCN2CCCCC2)c1. The number of hydrogen-bond acceptors (Lipinski definition) is 3. The van der Waals surface area contributed by atoms with Crippen LogP contribution in [0.2, 0.25) is 0 Å². The van der Waals surface area contributed by atoms with Crippen molar-refractivity contribution in [1.82, 2.24) is 10.2 Å². The molecule has 5 nitrogen and oxygen atoms in total. The van der Waals surface area contributed by atoms with Crippen molar-refractivity contribution in [2.45, 2.75) is 19.3 Å². The van der Waals surface area contributed by atoms with E-state index in [1.165, 1.54) is 31.4 Å². The molecule has 1 heterocycles. The van der Waals surface area contributed by atoms with E-state index in [4.69, 9.17) is 5.11 Å². The number of likely N-dealkylation sites (tertiary alicyclic amines) is 1. The van der Waals surface area contributed by atoms with Crippen molar-refractivity contribution >= 4 is 11.9 Å². The summed E-state index contributed by atoms with van der Waals surface area (Å²) in [4.78, 5) is 25.1. The number of carboxylic acids is 1. The van der Waals surface area contributed by atoms with Gasteiger partial charge in [0.25, 0.3) is 5.91 Å². The molecule has 20 heavy (non-hydrogen) atoms. The maximum Gasteiger partial charge on any atom is 0.335 e. The molecule has 1 aliphatic heterocycles. The first kappa shape index (κ1) is 14.5. The van der Waals surface area contributed by atoms with E-state index in [2.05, 4.69) is 10.2 Å². The molecule has 0 atom stereocenters. The largest absolute Gasteiger partial charge is 0.478 e. The number of nitrogens with zero attached hydrogens (tertiary/aromatic N) is 1. The van der Waals surface area contributed by atoms with Gasteiger partial charge in [0.2, 0.25) is 0 Å². The highest BCUT2D eigenvalue weighted by Gasteiger charge is 2.11. The predicted octanol–water partition coefficient (Wildman–Crippen LogP) is 1.60. The van der Waals surface area contributed by atoms with Crippen LogP contribution in [-0.4, -0.2) is 48.1 Å². The minimum absolute atomic E-state index is 0.133. The monoisotopic (exact) mass is 276 g/mol. The molecule has 1 aliphatic rings. The Bertz CT molecular complexity index is 482. The Kier molecular flexibility index (Phi) is 5.12. The maximum atomic E-state index is 11.9. The molecule has 0 radical (unpaired) electrons. The van der Waals surface area contributed by atoms with Gasteiger partial charge >= 0.3 is 5.97 Å². The Labute approximate surface area is 118 Å². The van der Waals surface area contributed by atoms with E-state index < -0.39 is 5.97 Å². The number of benzene rings is 1. The molecule has 0 unspecified atom stereocenters. The van der Waals surface area contributed by atoms with Crippen molar-refractivity contribution in [1.29, 1.82) is 0 Å². The smallest absolute Gasteiger partial charge is 0.335 e. The van der Waals surface area contributed by atoms with Crippen LogP contribution < -0.4 is 5.32 Å². The second-order valence-corrected chi connectivity index (χ2v) is 5.04. The van der Waals surface area contributed by atoms with Crippen molar-refractivity contribution in [3.8, 4) is 0 Å². The van der Waals surface area contributed by atoms with Crippen LogP contribution in [0, 0.1) is 0 Å². The summed E-state index contributed by atoms with van der Waals surface area (Å²) in [5.41, 5.74) is 0.525. The Hall–Kier alpha value is -1.88. The zero-order chi connectivity index (χ0) is 14.4. The lowest BCUT2D eigenvalue weighted by molar-refractivity contribution is 0.0697. The number of rotatable bonds is 5. The van der Waals surface area contributed by atoms with Crippen LogP contribution in [-0.2, 0) is 0 Å². The lowest BCUT2D eigenvalue weighted by atomic mass is 10.1. The first-order valence-corrected chi connectivity index (χ1v) is 7.01. The first-order chi connectivity index (χ1) is 9.66. The van der Waals surface area contributed by atoms with Crippen molar-refractivity contribution in [2.75, 3.05) is 26.2 Å². The highest BCUT2D eigenvalue weighted by Crippen LogP contribution is 2.08. The highest BCUT2D eigenvalue weighted by atomic mass is 16.4. The van der Waals surface area contributed by atoms with Crippen molar-refractivity contribution < 1.29 is 14.7 Å². The summed E-state index contributed by atoms with van der Waals surface area (Å²) in [6, 6.07) is 6.09. The number of piperidine rings is 1. The molecule has 0 aliphatic carbocycles. The van der Waals surface area contributed by atoms with E-state index in [9.17, 15) is 9.59 Å². The molecule has 1 fully saturated rings. The van der Waals surface area contributed by atoms with Crippen LogP contribution in [0.3, 0.4) is 0 Å². The fourth-order valence-corrected chi connectivity index (χ4v) is 2.41. The van der Waals surface area contributed by atoms with Gasteiger partial charge in [-0.3, -0.25) is 4.79 Å². The van der Waals surface area contributed by atoms with Gasteiger partial charge in [-0.25, -0.2) is 4.79 Å². The van der Waals surface area contributed by atoms with Crippen LogP contribution in [0.1, 0.15) is 40.0 Å². The predicted molar refractivity (Wildman–Crippen MR) is 76.0 cm³/mol. The topological polar surface area (TPSA) is 69.6 Å². The van der Waals surface area contributed by atoms with Gasteiger partial charge in [-0.1, -0.05) is 12.5 Å². The molecular weight excluding hydrogens is 256 g/mol. The van der Waals surface area contributed by atoms with E-state index >= 15 is 0 Å². The second-order valence-electron chi connectivity index (χ2n) is 5.04. The molecule has 1 aromatic rings. The molecule has 108 valence electrons. The quantitative estimate of drug-likeness (QED) is 0.857. The normalized spacial score (nSPS) is 15.8. The van der Waals surface area contributed by atoms with Gasteiger partial charge in [-0.05, 0) is 44.1 Å². The van der Waals surface area contributed by atoms with Gasteiger partial charge in [0.05, 0.1) is 5.56 Å². The van der Waals surface area contributed by atoms with Crippen LogP contribution in [0.5, 0.6) is 0 Å². The number of carbonyl (C=O) groups is 2. The van der Waals surface area contributed by atoms with Gasteiger partial charge in [-0.2, -0.15) is 0 Å². The van der Waals surface area contributed by atoms with Gasteiger partial charge in [-0.15, -0.1) is 0 Å². The van der Waals surface area contributed by atoms with E-state index in [0.29, 0.717) is 12.1 Å². The van der Waals surface area contributed by atoms with Crippen molar-refractivity contribution in [3.05, 3.63) is 35.4 Å². The fourth-order valence-electron chi connectivity index (χ4n) is 2.41. The number of amides is 1. The van der Waals surface area contributed by atoms with Crippen LogP contribution in [0.25, 0.3) is 0 Å². The molecule has 2 rings (SSSR count). The summed E-state index contributed by atoms with van der Waals surface area (Å²) in [5.74, 6) is -1.24. The Morgan fingerprint density at radius 1 is 1.15 bits per heavy atom. The molecule has 1 amide bonds. The molecule has 1 aromatic carbocycles. The van der Waals surface area contributed by atoms with Crippen molar-refractivity contribution in [3.63, 3.8) is 0 Å². The van der Waals surface area contributed by atoms with Gasteiger partial charge in [0, 0.05) is 18.7 Å². The summed E-state index contributed by atoms with van der Waals surface area (Å²) in [7, 11) is 0. The standard InChI is InChI=1S/C15H20N2O3/c18-14(12-5-4-6-13(11-12)15(19)20)16-7-10-17-8-2-1-3-9-17/h4-6,11H,1-3,7-10H2,(H,16,18)(H,19,20). The molecule has 0 bridgehead atoms. The number of carboxylic acid groups (broad SMARTS) is 1. The average Bonchev–Trinajstić information content (AvgIpc) is 2.48. The summed E-state index contributed by atoms with van der Waals surface area (Å²) >= 11 is 0. The highest BCUT2D eigenvalue weighted by molar-refractivity contribution is 5.97. The molecule has 0 aromatic heterocycles. The van der Waals surface area contributed by atoms with E-state index in [1.807, 2.05) is 0 Å². The maximum absolute atomic E-state index is 11.9. The third-order valence-electron chi connectivity index (χ3n) is 3.53. The third-order valence-corrected chi connectivity index (χ3v) is 3.53. The lowest BCUT2D eigenvalue weighted by Gasteiger charge is -2.26. The van der Waals surface area contributed by atoms with Crippen LogP contribution in [0.4, 0.5) is 0 Å². The Balaban J connectivity index is 1.82. The van der Waals surface area contributed by atoms with Crippen molar-refractivity contribution in [2.24, 2.45) is 0 Å². The minimum atomic E-state index is -1.02. The van der Waals surface area contributed by atoms with E-state index in [0.717, 1.165) is 19.6 Å². The number of aromatic carboxylic acids is 1. The molecule has 5 heteroatoms. The second kappa shape index (κ2) is 7.05. The molecular formula is C15H20N2O3. The summed E-state index contributed by atoms with van der Waals surface area (Å²) in [6.07, 6.45) is 3.76. The number of carbonyl (C=O) groups excluding carboxylic acids is 1. The number of hydrogen-bond donors (Lipinski definition) is 2. The van der Waals surface area contributed by atoms with Gasteiger partial charge < -0.3 is 15.3 Å². The summed E-state index contributed by atoms with van der Waals surface area (Å²) in [5, 5.41) is 11.7. The lowest BCUT2D eigenvalue weighted by Crippen LogP contribution is -2.37. The third kappa shape index (κ3) is 4.06. The molecule has 0 saturated carbocycles. The first-order valence-electron chi connectivity index (χ1n) is 7.01. The average molecular weight is 276 g/mol.